The predicted octanol–water partition coefficient (Wildman–Crippen LogP) is 3.37. The summed E-state index contributed by atoms with van der Waals surface area (Å²) in [5, 5.41) is 0. The van der Waals surface area contributed by atoms with Crippen LogP contribution in [-0.4, -0.2) is 24.0 Å². The van der Waals surface area contributed by atoms with Gasteiger partial charge in [-0.05, 0) is 37.4 Å². The van der Waals surface area contributed by atoms with Gasteiger partial charge in [0.05, 0.1) is 0 Å². The van der Waals surface area contributed by atoms with Crippen LogP contribution in [0.25, 0.3) is 0 Å². The van der Waals surface area contributed by atoms with Crippen molar-refractivity contribution in [3.63, 3.8) is 0 Å². The minimum Gasteiger partial charge on any atom is -0.329 e. The Labute approximate surface area is 112 Å². The maximum Gasteiger partial charge on any atom is 0.0301 e. The monoisotopic (exact) mass is 248 g/mol. The van der Waals surface area contributed by atoms with E-state index in [0.717, 1.165) is 13.0 Å². The van der Waals surface area contributed by atoms with E-state index in [9.17, 15) is 0 Å². The van der Waals surface area contributed by atoms with Crippen molar-refractivity contribution < 1.29 is 0 Å². The first-order valence-electron chi connectivity index (χ1n) is 6.93. The van der Waals surface area contributed by atoms with E-state index in [1.165, 1.54) is 11.1 Å². The van der Waals surface area contributed by atoms with E-state index >= 15 is 0 Å². The molecule has 0 saturated heterocycles. The fourth-order valence-electron chi connectivity index (χ4n) is 2.04. The second-order valence-corrected chi connectivity index (χ2v) is 5.81. The summed E-state index contributed by atoms with van der Waals surface area (Å²) in [6.07, 6.45) is 1.07. The van der Waals surface area contributed by atoms with Gasteiger partial charge in [-0.25, -0.2) is 0 Å². The SMILES string of the molecule is CCC(C)(CN)N(C)Cc1ccc(C(C)C)cc1. The third kappa shape index (κ3) is 3.56. The van der Waals surface area contributed by atoms with E-state index in [2.05, 4.69) is 63.9 Å². The molecule has 0 aliphatic rings. The lowest BCUT2D eigenvalue weighted by molar-refractivity contribution is 0.131. The fraction of sp³-hybridized carbons (Fsp3) is 0.625. The molecule has 1 aromatic carbocycles. The maximum atomic E-state index is 5.89. The highest BCUT2D eigenvalue weighted by atomic mass is 15.2. The molecule has 0 heterocycles. The molecule has 1 rings (SSSR count). The summed E-state index contributed by atoms with van der Waals surface area (Å²) < 4.78 is 0. The third-order valence-electron chi connectivity index (χ3n) is 4.19. The molecule has 0 bridgehead atoms. The van der Waals surface area contributed by atoms with Crippen LogP contribution >= 0.6 is 0 Å². The number of benzene rings is 1. The Morgan fingerprint density at radius 2 is 1.78 bits per heavy atom. The maximum absolute atomic E-state index is 5.89. The van der Waals surface area contributed by atoms with Crippen molar-refractivity contribution in [2.45, 2.75) is 52.1 Å². The second-order valence-electron chi connectivity index (χ2n) is 5.81. The van der Waals surface area contributed by atoms with Crippen LogP contribution in [0, 0.1) is 0 Å². The van der Waals surface area contributed by atoms with Crippen LogP contribution in [0.3, 0.4) is 0 Å². The molecular formula is C16H28N2. The van der Waals surface area contributed by atoms with Crippen molar-refractivity contribution in [1.29, 1.82) is 0 Å². The van der Waals surface area contributed by atoms with Crippen molar-refractivity contribution >= 4 is 0 Å². The van der Waals surface area contributed by atoms with Gasteiger partial charge in [-0.15, -0.1) is 0 Å². The zero-order valence-corrected chi connectivity index (χ0v) is 12.5. The van der Waals surface area contributed by atoms with Crippen LogP contribution in [0.15, 0.2) is 24.3 Å². The van der Waals surface area contributed by atoms with Crippen LogP contribution in [-0.2, 0) is 6.54 Å². The first-order valence-corrected chi connectivity index (χ1v) is 6.93. The summed E-state index contributed by atoms with van der Waals surface area (Å²) >= 11 is 0. The van der Waals surface area contributed by atoms with Gasteiger partial charge >= 0.3 is 0 Å². The highest BCUT2D eigenvalue weighted by Crippen LogP contribution is 2.20. The molecule has 2 heteroatoms. The van der Waals surface area contributed by atoms with Gasteiger partial charge in [0.15, 0.2) is 0 Å². The van der Waals surface area contributed by atoms with Crippen molar-refractivity contribution in [3.05, 3.63) is 35.4 Å². The highest BCUT2D eigenvalue weighted by molar-refractivity contribution is 5.24. The quantitative estimate of drug-likeness (QED) is 0.836. The van der Waals surface area contributed by atoms with Crippen molar-refractivity contribution in [3.8, 4) is 0 Å². The summed E-state index contributed by atoms with van der Waals surface area (Å²) in [7, 11) is 2.16. The van der Waals surface area contributed by atoms with Crippen LogP contribution in [0.1, 0.15) is 51.2 Å². The topological polar surface area (TPSA) is 29.3 Å². The average Bonchev–Trinajstić information content (AvgIpc) is 2.38. The van der Waals surface area contributed by atoms with E-state index < -0.39 is 0 Å². The van der Waals surface area contributed by atoms with E-state index in [-0.39, 0.29) is 5.54 Å². The zero-order chi connectivity index (χ0) is 13.8. The lowest BCUT2D eigenvalue weighted by Crippen LogP contribution is -2.48. The molecule has 0 fully saturated rings. The molecule has 0 aliphatic heterocycles. The fourth-order valence-corrected chi connectivity index (χ4v) is 2.04. The van der Waals surface area contributed by atoms with E-state index in [1.54, 1.807) is 0 Å². The molecule has 0 spiro atoms. The molecular weight excluding hydrogens is 220 g/mol. The largest absolute Gasteiger partial charge is 0.329 e. The van der Waals surface area contributed by atoms with Crippen molar-refractivity contribution in [1.82, 2.24) is 4.90 Å². The minimum absolute atomic E-state index is 0.0940. The van der Waals surface area contributed by atoms with Crippen molar-refractivity contribution in [2.24, 2.45) is 5.73 Å². The molecule has 0 saturated carbocycles. The van der Waals surface area contributed by atoms with Crippen LogP contribution in [0.2, 0.25) is 0 Å². The summed E-state index contributed by atoms with van der Waals surface area (Å²) in [5.41, 5.74) is 8.75. The van der Waals surface area contributed by atoms with Gasteiger partial charge in [-0.3, -0.25) is 4.90 Å². The number of nitrogens with two attached hydrogens (primary N) is 1. The molecule has 102 valence electrons. The Bertz CT molecular complexity index is 350. The number of rotatable bonds is 6. The number of hydrogen-bond donors (Lipinski definition) is 1. The molecule has 1 unspecified atom stereocenters. The molecule has 0 aromatic heterocycles. The molecule has 1 atom stereocenters. The Kier molecular flexibility index (Phi) is 5.36. The number of hydrogen-bond acceptors (Lipinski definition) is 2. The summed E-state index contributed by atoms with van der Waals surface area (Å²) in [5.74, 6) is 0.599. The zero-order valence-electron chi connectivity index (χ0n) is 12.5. The molecule has 2 nitrogen and oxygen atoms in total. The summed E-state index contributed by atoms with van der Waals surface area (Å²) in [6.45, 7) is 10.5. The molecule has 0 aliphatic carbocycles. The number of likely N-dealkylation sites (N-methyl/N-ethyl adjacent to an activating group) is 1. The van der Waals surface area contributed by atoms with Gasteiger partial charge in [-0.2, -0.15) is 0 Å². The minimum atomic E-state index is 0.0940. The lowest BCUT2D eigenvalue weighted by atomic mass is 9.96. The van der Waals surface area contributed by atoms with Gasteiger partial charge < -0.3 is 5.73 Å². The Balaban J connectivity index is 2.73. The second kappa shape index (κ2) is 6.35. The van der Waals surface area contributed by atoms with Crippen LogP contribution in [0.4, 0.5) is 0 Å². The van der Waals surface area contributed by atoms with Gasteiger partial charge in [0.25, 0.3) is 0 Å². The van der Waals surface area contributed by atoms with Crippen LogP contribution < -0.4 is 5.73 Å². The Morgan fingerprint density at radius 3 is 2.17 bits per heavy atom. The lowest BCUT2D eigenvalue weighted by Gasteiger charge is -2.37. The standard InChI is InChI=1S/C16H28N2/c1-6-16(4,12-17)18(5)11-14-7-9-15(10-8-14)13(2)3/h7-10,13H,6,11-12,17H2,1-5H3. The molecule has 18 heavy (non-hydrogen) atoms. The smallest absolute Gasteiger partial charge is 0.0301 e. The molecule has 0 radical (unpaired) electrons. The molecule has 2 N–H and O–H groups in total. The van der Waals surface area contributed by atoms with Gasteiger partial charge in [0, 0.05) is 18.6 Å². The molecule has 1 aromatic rings. The van der Waals surface area contributed by atoms with Gasteiger partial charge in [-0.1, -0.05) is 45.0 Å². The molecule has 0 amide bonds. The van der Waals surface area contributed by atoms with Crippen molar-refractivity contribution in [2.75, 3.05) is 13.6 Å². The van der Waals surface area contributed by atoms with Gasteiger partial charge in [0.2, 0.25) is 0 Å². The normalized spacial score (nSPS) is 15.1. The summed E-state index contributed by atoms with van der Waals surface area (Å²) in [6, 6.07) is 8.94. The third-order valence-corrected chi connectivity index (χ3v) is 4.19. The first-order chi connectivity index (χ1) is 8.42. The number of nitrogens with zero attached hydrogens (tertiary/aromatic N) is 1. The Morgan fingerprint density at radius 1 is 1.22 bits per heavy atom. The van der Waals surface area contributed by atoms with E-state index in [0.29, 0.717) is 12.5 Å². The van der Waals surface area contributed by atoms with E-state index in [4.69, 9.17) is 5.73 Å². The van der Waals surface area contributed by atoms with Crippen LogP contribution in [0.5, 0.6) is 0 Å². The first kappa shape index (κ1) is 15.2. The highest BCUT2D eigenvalue weighted by Gasteiger charge is 2.25. The van der Waals surface area contributed by atoms with Gasteiger partial charge in [0.1, 0.15) is 0 Å². The Hall–Kier alpha value is -0.860. The average molecular weight is 248 g/mol. The predicted molar refractivity (Wildman–Crippen MR) is 79.7 cm³/mol. The summed E-state index contributed by atoms with van der Waals surface area (Å²) in [4.78, 5) is 2.36. The van der Waals surface area contributed by atoms with E-state index in [1.807, 2.05) is 0 Å².